The summed E-state index contributed by atoms with van der Waals surface area (Å²) in [5.41, 5.74) is 4.33. The fraction of sp³-hybridized carbons (Fsp3) is 0.500. The first-order valence-electron chi connectivity index (χ1n) is 10.9. The number of rotatable bonds is 4. The fourth-order valence-corrected chi connectivity index (χ4v) is 5.49. The lowest BCUT2D eigenvalue weighted by atomic mass is 9.91. The van der Waals surface area contributed by atoms with Crippen LogP contribution < -0.4 is 10.9 Å². The van der Waals surface area contributed by atoms with Crippen molar-refractivity contribution in [3.63, 3.8) is 0 Å². The van der Waals surface area contributed by atoms with E-state index in [1.54, 1.807) is 21.5 Å². The topological polar surface area (TPSA) is 90.5 Å². The SMILES string of the molecule is Cc1cc(C)n(-c2ccc(=O)n(C3CCC(Nc4cc5c(nn4)CCSC5)CC3)n2)n1. The summed E-state index contributed by atoms with van der Waals surface area (Å²) >= 11 is 1.95. The van der Waals surface area contributed by atoms with Crippen molar-refractivity contribution in [1.82, 2.24) is 29.8 Å². The average Bonchev–Trinajstić information content (AvgIpc) is 3.12. The van der Waals surface area contributed by atoms with Crippen LogP contribution in [0.25, 0.3) is 5.82 Å². The Morgan fingerprint density at radius 3 is 2.68 bits per heavy atom. The van der Waals surface area contributed by atoms with Gasteiger partial charge in [0.05, 0.1) is 17.4 Å². The number of aromatic nitrogens is 6. The maximum atomic E-state index is 12.5. The summed E-state index contributed by atoms with van der Waals surface area (Å²) < 4.78 is 3.45. The molecule has 162 valence electrons. The second-order valence-electron chi connectivity index (χ2n) is 8.47. The van der Waals surface area contributed by atoms with E-state index >= 15 is 0 Å². The van der Waals surface area contributed by atoms with E-state index in [1.165, 1.54) is 5.56 Å². The van der Waals surface area contributed by atoms with Gasteiger partial charge < -0.3 is 5.32 Å². The van der Waals surface area contributed by atoms with Crippen LogP contribution in [0.5, 0.6) is 0 Å². The number of hydrogen-bond acceptors (Lipinski definition) is 7. The molecule has 0 unspecified atom stereocenters. The van der Waals surface area contributed by atoms with Crippen molar-refractivity contribution in [1.29, 1.82) is 0 Å². The molecule has 0 radical (unpaired) electrons. The zero-order valence-corrected chi connectivity index (χ0v) is 18.7. The molecule has 0 atom stereocenters. The normalized spacial score (nSPS) is 21.0. The van der Waals surface area contributed by atoms with Gasteiger partial charge in [0.25, 0.3) is 5.56 Å². The van der Waals surface area contributed by atoms with E-state index in [1.807, 2.05) is 31.7 Å². The molecule has 1 fully saturated rings. The van der Waals surface area contributed by atoms with Gasteiger partial charge >= 0.3 is 0 Å². The zero-order chi connectivity index (χ0) is 21.4. The van der Waals surface area contributed by atoms with Crippen molar-refractivity contribution < 1.29 is 0 Å². The van der Waals surface area contributed by atoms with Gasteiger partial charge in [-0.1, -0.05) is 0 Å². The van der Waals surface area contributed by atoms with Gasteiger partial charge in [0.2, 0.25) is 0 Å². The minimum absolute atomic E-state index is 0.0558. The highest BCUT2D eigenvalue weighted by molar-refractivity contribution is 7.98. The number of nitrogens with zero attached hydrogens (tertiary/aromatic N) is 6. The molecule has 0 bridgehead atoms. The Bertz CT molecular complexity index is 1150. The van der Waals surface area contributed by atoms with Crippen LogP contribution in [-0.2, 0) is 12.2 Å². The van der Waals surface area contributed by atoms with Crippen molar-refractivity contribution in [2.45, 2.75) is 63.8 Å². The first kappa shape index (κ1) is 20.2. The molecule has 1 aliphatic heterocycles. The number of anilines is 1. The second-order valence-corrected chi connectivity index (χ2v) is 9.57. The van der Waals surface area contributed by atoms with Gasteiger partial charge in [-0.15, -0.1) is 10.2 Å². The average molecular weight is 438 g/mol. The Labute approximate surface area is 185 Å². The third kappa shape index (κ3) is 4.23. The van der Waals surface area contributed by atoms with E-state index in [9.17, 15) is 4.79 Å². The van der Waals surface area contributed by atoms with Crippen LogP contribution in [0.1, 0.15) is 54.4 Å². The molecule has 0 saturated heterocycles. The maximum absolute atomic E-state index is 12.5. The molecular formula is C22H27N7OS. The van der Waals surface area contributed by atoms with Gasteiger partial charge in [-0.05, 0) is 69.0 Å². The highest BCUT2D eigenvalue weighted by Crippen LogP contribution is 2.30. The van der Waals surface area contributed by atoms with Crippen LogP contribution in [0.3, 0.4) is 0 Å². The highest BCUT2D eigenvalue weighted by atomic mass is 32.2. The summed E-state index contributed by atoms with van der Waals surface area (Å²) in [6.45, 7) is 3.95. The molecule has 3 aromatic heterocycles. The first-order valence-corrected chi connectivity index (χ1v) is 12.1. The molecule has 5 rings (SSSR count). The molecule has 1 aliphatic carbocycles. The van der Waals surface area contributed by atoms with Gasteiger partial charge in [-0.2, -0.15) is 22.0 Å². The van der Waals surface area contributed by atoms with Gasteiger partial charge in [0.15, 0.2) is 5.82 Å². The highest BCUT2D eigenvalue weighted by Gasteiger charge is 2.25. The number of thioether (sulfide) groups is 1. The summed E-state index contributed by atoms with van der Waals surface area (Å²) in [7, 11) is 0. The Balaban J connectivity index is 1.27. The van der Waals surface area contributed by atoms with Crippen molar-refractivity contribution in [2.24, 2.45) is 0 Å². The van der Waals surface area contributed by atoms with E-state index in [-0.39, 0.29) is 11.6 Å². The monoisotopic (exact) mass is 437 g/mol. The van der Waals surface area contributed by atoms with Gasteiger partial charge in [-0.25, -0.2) is 9.36 Å². The molecule has 31 heavy (non-hydrogen) atoms. The molecule has 9 heteroatoms. The van der Waals surface area contributed by atoms with E-state index in [2.05, 4.69) is 31.8 Å². The first-order chi connectivity index (χ1) is 15.1. The van der Waals surface area contributed by atoms with Crippen LogP contribution in [0, 0.1) is 13.8 Å². The fourth-order valence-electron chi connectivity index (χ4n) is 4.54. The molecule has 4 heterocycles. The summed E-state index contributed by atoms with van der Waals surface area (Å²) in [5, 5.41) is 21.5. The summed E-state index contributed by atoms with van der Waals surface area (Å²) in [5.74, 6) is 3.71. The van der Waals surface area contributed by atoms with Crippen molar-refractivity contribution in [2.75, 3.05) is 11.1 Å². The summed E-state index contributed by atoms with van der Waals surface area (Å²) in [6, 6.07) is 7.96. The van der Waals surface area contributed by atoms with E-state index < -0.39 is 0 Å². The predicted molar refractivity (Wildman–Crippen MR) is 122 cm³/mol. The van der Waals surface area contributed by atoms with E-state index in [0.717, 1.165) is 66.5 Å². The molecule has 2 aliphatic rings. The maximum Gasteiger partial charge on any atom is 0.267 e. The zero-order valence-electron chi connectivity index (χ0n) is 17.9. The molecule has 3 aromatic rings. The number of fused-ring (bicyclic) bond motifs is 1. The molecule has 8 nitrogen and oxygen atoms in total. The lowest BCUT2D eigenvalue weighted by Crippen LogP contribution is -2.34. The Morgan fingerprint density at radius 1 is 1.06 bits per heavy atom. The standard InChI is InChI=1S/C22H27N7OS/c1-14-11-15(2)28(26-14)21-7-8-22(30)29(27-21)18-5-3-17(4-6-18)23-20-12-16-13-31-10-9-19(16)24-25-20/h7-8,11-12,17-18H,3-6,9-10,13H2,1-2H3,(H,23,25). The van der Waals surface area contributed by atoms with Crippen LogP contribution >= 0.6 is 11.8 Å². The molecule has 1 N–H and O–H groups in total. The van der Waals surface area contributed by atoms with Crippen molar-refractivity contribution >= 4 is 17.6 Å². The smallest absolute Gasteiger partial charge is 0.267 e. The predicted octanol–water partition coefficient (Wildman–Crippen LogP) is 3.22. The van der Waals surface area contributed by atoms with Gasteiger partial charge in [0, 0.05) is 30.0 Å². The van der Waals surface area contributed by atoms with Crippen LogP contribution in [-0.4, -0.2) is 41.6 Å². The van der Waals surface area contributed by atoms with Crippen molar-refractivity contribution in [3.05, 3.63) is 57.3 Å². The minimum atomic E-state index is -0.0558. The van der Waals surface area contributed by atoms with E-state index in [0.29, 0.717) is 11.9 Å². The molecule has 1 saturated carbocycles. The lowest BCUT2D eigenvalue weighted by Gasteiger charge is -2.30. The second kappa shape index (κ2) is 8.45. The summed E-state index contributed by atoms with van der Waals surface area (Å²) in [6.07, 6.45) is 4.75. The number of aryl methyl sites for hydroxylation is 3. The third-order valence-corrected chi connectivity index (χ3v) is 7.14. The number of hydrogen-bond donors (Lipinski definition) is 1. The molecule has 0 amide bonds. The largest absolute Gasteiger partial charge is 0.366 e. The van der Waals surface area contributed by atoms with Crippen LogP contribution in [0.15, 0.2) is 29.1 Å². The minimum Gasteiger partial charge on any atom is -0.366 e. The Morgan fingerprint density at radius 2 is 1.90 bits per heavy atom. The third-order valence-electron chi connectivity index (χ3n) is 6.13. The Hall–Kier alpha value is -2.68. The van der Waals surface area contributed by atoms with Crippen molar-refractivity contribution in [3.8, 4) is 5.82 Å². The van der Waals surface area contributed by atoms with Crippen LogP contribution in [0.4, 0.5) is 5.82 Å². The number of nitrogens with one attached hydrogen (secondary N) is 1. The molecular weight excluding hydrogens is 410 g/mol. The Kier molecular flexibility index (Phi) is 5.52. The van der Waals surface area contributed by atoms with E-state index in [4.69, 9.17) is 0 Å². The lowest BCUT2D eigenvalue weighted by molar-refractivity contribution is 0.302. The van der Waals surface area contributed by atoms with Crippen LogP contribution in [0.2, 0.25) is 0 Å². The molecule has 0 aromatic carbocycles. The van der Waals surface area contributed by atoms with Gasteiger partial charge in [0.1, 0.15) is 5.82 Å². The van der Waals surface area contributed by atoms with Gasteiger partial charge in [-0.3, -0.25) is 4.79 Å². The molecule has 0 spiro atoms. The summed E-state index contributed by atoms with van der Waals surface area (Å²) in [4.78, 5) is 12.5. The quantitative estimate of drug-likeness (QED) is 0.670.